The van der Waals surface area contributed by atoms with Crippen molar-refractivity contribution in [3.8, 4) is 5.75 Å². The van der Waals surface area contributed by atoms with E-state index < -0.39 is 11.9 Å². The highest BCUT2D eigenvalue weighted by Crippen LogP contribution is 2.25. The fourth-order valence-electron chi connectivity index (χ4n) is 1.34. The average Bonchev–Trinajstić information content (AvgIpc) is 2.36. The monoisotopic (exact) mass is 271 g/mol. The van der Waals surface area contributed by atoms with Gasteiger partial charge in [-0.15, -0.1) is 0 Å². The van der Waals surface area contributed by atoms with Gasteiger partial charge in [0.2, 0.25) is 0 Å². The maximum Gasteiger partial charge on any atom is 0.396 e. The van der Waals surface area contributed by atoms with Crippen molar-refractivity contribution in [3.05, 3.63) is 28.8 Å². The summed E-state index contributed by atoms with van der Waals surface area (Å²) in [6.07, 6.45) is 0. The number of nitrogens with one attached hydrogen (secondary N) is 1. The van der Waals surface area contributed by atoms with Crippen LogP contribution in [0.25, 0.3) is 0 Å². The molecule has 5 nitrogen and oxygen atoms in total. The number of hydrogen-bond acceptors (Lipinski definition) is 4. The zero-order chi connectivity index (χ0) is 13.5. The van der Waals surface area contributed by atoms with E-state index in [0.29, 0.717) is 16.3 Å². The highest BCUT2D eigenvalue weighted by molar-refractivity contribution is 6.33. The average molecular weight is 272 g/mol. The Balaban J connectivity index is 2.69. The highest BCUT2D eigenvalue weighted by Gasteiger charge is 2.16. The van der Waals surface area contributed by atoms with Gasteiger partial charge in [-0.05, 0) is 19.1 Å². The van der Waals surface area contributed by atoms with E-state index in [1.807, 2.05) is 0 Å². The van der Waals surface area contributed by atoms with Crippen molar-refractivity contribution in [2.75, 3.05) is 13.7 Å². The van der Waals surface area contributed by atoms with Crippen LogP contribution in [0, 0.1) is 0 Å². The zero-order valence-electron chi connectivity index (χ0n) is 10.2. The summed E-state index contributed by atoms with van der Waals surface area (Å²) in [7, 11) is 1.50. The molecule has 0 saturated carbocycles. The molecule has 18 heavy (non-hydrogen) atoms. The van der Waals surface area contributed by atoms with Gasteiger partial charge in [0.15, 0.2) is 0 Å². The molecule has 0 atom stereocenters. The van der Waals surface area contributed by atoms with E-state index >= 15 is 0 Å². The van der Waals surface area contributed by atoms with Crippen molar-refractivity contribution in [1.82, 2.24) is 5.32 Å². The molecular formula is C12H14ClNO4. The van der Waals surface area contributed by atoms with E-state index in [2.05, 4.69) is 10.1 Å². The number of halogens is 1. The summed E-state index contributed by atoms with van der Waals surface area (Å²) < 4.78 is 9.68. The maximum absolute atomic E-state index is 11.3. The van der Waals surface area contributed by atoms with Crippen LogP contribution in [0.2, 0.25) is 5.02 Å². The molecule has 0 aromatic heterocycles. The van der Waals surface area contributed by atoms with Gasteiger partial charge >= 0.3 is 11.9 Å². The molecule has 0 aliphatic rings. The van der Waals surface area contributed by atoms with Gasteiger partial charge in [-0.1, -0.05) is 17.7 Å². The Morgan fingerprint density at radius 2 is 2.11 bits per heavy atom. The fraction of sp³-hybridized carbons (Fsp3) is 0.333. The second-order valence-electron chi connectivity index (χ2n) is 3.32. The number of ether oxygens (including phenoxy) is 2. The Labute approximate surface area is 110 Å². The van der Waals surface area contributed by atoms with Crippen LogP contribution in [0.4, 0.5) is 0 Å². The summed E-state index contributed by atoms with van der Waals surface area (Å²) in [5.74, 6) is -1.17. The number of benzene rings is 1. The molecule has 1 rings (SSSR count). The molecule has 1 aromatic rings. The lowest BCUT2D eigenvalue weighted by Crippen LogP contribution is -2.32. The van der Waals surface area contributed by atoms with Crippen LogP contribution in [-0.4, -0.2) is 25.6 Å². The van der Waals surface area contributed by atoms with E-state index in [4.69, 9.17) is 16.3 Å². The van der Waals surface area contributed by atoms with Gasteiger partial charge in [0.25, 0.3) is 0 Å². The summed E-state index contributed by atoms with van der Waals surface area (Å²) in [5, 5.41) is 2.88. The first kappa shape index (κ1) is 14.3. The Bertz CT molecular complexity index is 448. The van der Waals surface area contributed by atoms with Gasteiger partial charge in [-0.2, -0.15) is 0 Å². The van der Waals surface area contributed by atoms with Gasteiger partial charge < -0.3 is 14.8 Å². The van der Waals surface area contributed by atoms with Crippen molar-refractivity contribution >= 4 is 23.5 Å². The molecule has 0 radical (unpaired) electrons. The first-order valence-electron chi connectivity index (χ1n) is 5.36. The van der Waals surface area contributed by atoms with Gasteiger partial charge in [-0.25, -0.2) is 4.79 Å². The number of carbonyl (C=O) groups excluding carboxylic acids is 2. The van der Waals surface area contributed by atoms with Gasteiger partial charge in [0, 0.05) is 17.1 Å². The molecular weight excluding hydrogens is 258 g/mol. The van der Waals surface area contributed by atoms with Crippen LogP contribution in [0.15, 0.2) is 18.2 Å². The molecule has 0 saturated heterocycles. The van der Waals surface area contributed by atoms with Crippen molar-refractivity contribution in [2.24, 2.45) is 0 Å². The third-order valence-corrected chi connectivity index (χ3v) is 2.54. The first-order valence-corrected chi connectivity index (χ1v) is 5.74. The van der Waals surface area contributed by atoms with Gasteiger partial charge in [0.1, 0.15) is 5.75 Å². The molecule has 1 amide bonds. The number of methoxy groups -OCH3 is 1. The molecule has 1 aromatic carbocycles. The van der Waals surface area contributed by atoms with E-state index in [1.165, 1.54) is 7.11 Å². The standard InChI is InChI=1S/C12H14ClNO4/c1-3-18-12(16)11(15)14-7-8-9(13)5-4-6-10(8)17-2/h4-6H,3,7H2,1-2H3,(H,14,15). The van der Waals surface area contributed by atoms with Crippen LogP contribution >= 0.6 is 11.6 Å². The lowest BCUT2D eigenvalue weighted by molar-refractivity contribution is -0.154. The van der Waals surface area contributed by atoms with Crippen molar-refractivity contribution in [1.29, 1.82) is 0 Å². The molecule has 0 aliphatic carbocycles. The van der Waals surface area contributed by atoms with Crippen LogP contribution in [0.1, 0.15) is 12.5 Å². The SMILES string of the molecule is CCOC(=O)C(=O)NCc1c(Cl)cccc1OC. The van der Waals surface area contributed by atoms with Crippen LogP contribution in [0.3, 0.4) is 0 Å². The van der Waals surface area contributed by atoms with E-state index in [-0.39, 0.29) is 13.2 Å². The smallest absolute Gasteiger partial charge is 0.396 e. The molecule has 0 spiro atoms. The summed E-state index contributed by atoms with van der Waals surface area (Å²) in [4.78, 5) is 22.5. The largest absolute Gasteiger partial charge is 0.496 e. The molecule has 0 bridgehead atoms. The number of amides is 1. The molecule has 0 fully saturated rings. The zero-order valence-corrected chi connectivity index (χ0v) is 10.9. The maximum atomic E-state index is 11.3. The minimum Gasteiger partial charge on any atom is -0.496 e. The molecule has 6 heteroatoms. The minimum absolute atomic E-state index is 0.0977. The lowest BCUT2D eigenvalue weighted by Gasteiger charge is -2.10. The number of esters is 1. The first-order chi connectivity index (χ1) is 8.60. The molecule has 1 N–H and O–H groups in total. The van der Waals surface area contributed by atoms with Gasteiger partial charge in [0.05, 0.1) is 13.7 Å². The van der Waals surface area contributed by atoms with Crippen LogP contribution in [-0.2, 0) is 20.9 Å². The lowest BCUT2D eigenvalue weighted by atomic mass is 10.2. The second-order valence-corrected chi connectivity index (χ2v) is 3.73. The van der Waals surface area contributed by atoms with Crippen molar-refractivity contribution < 1.29 is 19.1 Å². The number of carbonyl (C=O) groups is 2. The second kappa shape index (κ2) is 6.86. The Morgan fingerprint density at radius 1 is 1.39 bits per heavy atom. The van der Waals surface area contributed by atoms with E-state index in [1.54, 1.807) is 25.1 Å². The Kier molecular flexibility index (Phi) is 5.45. The summed E-state index contributed by atoms with van der Waals surface area (Å²) >= 11 is 5.98. The fourth-order valence-corrected chi connectivity index (χ4v) is 1.57. The highest BCUT2D eigenvalue weighted by atomic mass is 35.5. The Hall–Kier alpha value is -1.75. The summed E-state index contributed by atoms with van der Waals surface area (Å²) in [5.41, 5.74) is 0.610. The normalized spacial score (nSPS) is 9.72. The number of hydrogen-bond donors (Lipinski definition) is 1. The third-order valence-electron chi connectivity index (χ3n) is 2.18. The third kappa shape index (κ3) is 3.63. The number of rotatable bonds is 4. The molecule has 0 unspecified atom stereocenters. The summed E-state index contributed by atoms with van der Waals surface area (Å²) in [6, 6.07) is 5.13. The topological polar surface area (TPSA) is 64.6 Å². The molecule has 0 heterocycles. The molecule has 0 aliphatic heterocycles. The van der Waals surface area contributed by atoms with Gasteiger partial charge in [-0.3, -0.25) is 4.79 Å². The summed E-state index contributed by atoms with van der Waals surface area (Å²) in [6.45, 7) is 1.88. The minimum atomic E-state index is -0.913. The van der Waals surface area contributed by atoms with E-state index in [9.17, 15) is 9.59 Å². The predicted molar refractivity (Wildman–Crippen MR) is 66.5 cm³/mol. The van der Waals surface area contributed by atoms with Crippen LogP contribution < -0.4 is 10.1 Å². The van der Waals surface area contributed by atoms with E-state index in [0.717, 1.165) is 0 Å². The molecule has 98 valence electrons. The Morgan fingerprint density at radius 3 is 2.72 bits per heavy atom. The van der Waals surface area contributed by atoms with Crippen molar-refractivity contribution in [3.63, 3.8) is 0 Å². The van der Waals surface area contributed by atoms with Crippen molar-refractivity contribution in [2.45, 2.75) is 13.5 Å². The predicted octanol–water partition coefficient (Wildman–Crippen LogP) is 1.53. The quantitative estimate of drug-likeness (QED) is 0.666. The van der Waals surface area contributed by atoms with Crippen LogP contribution in [0.5, 0.6) is 5.75 Å².